The summed E-state index contributed by atoms with van der Waals surface area (Å²) >= 11 is 0. The van der Waals surface area contributed by atoms with E-state index < -0.39 is 0 Å². The van der Waals surface area contributed by atoms with Crippen molar-refractivity contribution in [1.82, 2.24) is 16.0 Å². The van der Waals surface area contributed by atoms with Crippen LogP contribution in [0.5, 0.6) is 0 Å². The Morgan fingerprint density at radius 3 is 2.25 bits per heavy atom. The third-order valence-corrected chi connectivity index (χ3v) is 5.33. The average molecular weight is 380 g/mol. The smallest absolute Gasteiger partial charge is 0.315 e. The van der Waals surface area contributed by atoms with Gasteiger partial charge in [-0.1, -0.05) is 61.4 Å². The van der Waals surface area contributed by atoms with Crippen LogP contribution in [0.4, 0.5) is 4.79 Å². The highest BCUT2D eigenvalue weighted by Gasteiger charge is 2.28. The highest BCUT2D eigenvalue weighted by Crippen LogP contribution is 2.19. The molecule has 1 fully saturated rings. The molecule has 148 valence electrons. The number of urea groups is 1. The molecule has 0 bridgehead atoms. The molecule has 0 radical (unpaired) electrons. The first-order chi connectivity index (χ1) is 13.6. The zero-order chi connectivity index (χ0) is 19.8. The minimum absolute atomic E-state index is 0.0410. The lowest BCUT2D eigenvalue weighted by Crippen LogP contribution is -2.55. The Morgan fingerprint density at radius 1 is 0.893 bits per heavy atom. The van der Waals surface area contributed by atoms with Crippen molar-refractivity contribution in [3.63, 3.8) is 0 Å². The molecule has 1 aliphatic rings. The molecular formula is C23H29N3O2. The lowest BCUT2D eigenvalue weighted by molar-refractivity contribution is 0.0915. The molecule has 28 heavy (non-hydrogen) atoms. The molecule has 1 saturated carbocycles. The van der Waals surface area contributed by atoms with Crippen LogP contribution in [-0.4, -0.2) is 30.6 Å². The van der Waals surface area contributed by atoms with Crippen molar-refractivity contribution in [2.24, 2.45) is 0 Å². The molecule has 0 aromatic heterocycles. The molecule has 0 saturated heterocycles. The fraction of sp³-hybridized carbons (Fsp3) is 0.391. The number of aryl methyl sites for hydroxylation is 1. The van der Waals surface area contributed by atoms with Crippen LogP contribution in [0.15, 0.2) is 54.6 Å². The van der Waals surface area contributed by atoms with Gasteiger partial charge in [-0.3, -0.25) is 4.79 Å². The summed E-state index contributed by atoms with van der Waals surface area (Å²) in [4.78, 5) is 25.0. The van der Waals surface area contributed by atoms with E-state index >= 15 is 0 Å². The van der Waals surface area contributed by atoms with Gasteiger partial charge in [0.2, 0.25) is 0 Å². The largest absolute Gasteiger partial charge is 0.347 e. The van der Waals surface area contributed by atoms with E-state index in [4.69, 9.17) is 0 Å². The van der Waals surface area contributed by atoms with E-state index in [1.807, 2.05) is 49.4 Å². The van der Waals surface area contributed by atoms with E-state index in [1.54, 1.807) is 0 Å². The molecule has 0 aliphatic heterocycles. The molecule has 5 nitrogen and oxygen atoms in total. The average Bonchev–Trinajstić information content (AvgIpc) is 2.70. The molecule has 2 aromatic carbocycles. The predicted octanol–water partition coefficient (Wildman–Crippen LogP) is 3.58. The van der Waals surface area contributed by atoms with Gasteiger partial charge in [-0.2, -0.15) is 0 Å². The third kappa shape index (κ3) is 5.59. The number of hydrogen-bond acceptors (Lipinski definition) is 2. The second-order valence-electron chi connectivity index (χ2n) is 7.42. The van der Waals surface area contributed by atoms with E-state index in [1.165, 1.54) is 5.56 Å². The Labute approximate surface area is 166 Å². The lowest BCUT2D eigenvalue weighted by atomic mass is 9.90. The zero-order valence-electron chi connectivity index (χ0n) is 16.4. The van der Waals surface area contributed by atoms with Crippen LogP contribution in [0, 0.1) is 6.92 Å². The van der Waals surface area contributed by atoms with Gasteiger partial charge in [-0.25, -0.2) is 4.79 Å². The summed E-state index contributed by atoms with van der Waals surface area (Å²) in [5, 5.41) is 9.12. The van der Waals surface area contributed by atoms with Gasteiger partial charge in [-0.15, -0.1) is 0 Å². The molecule has 3 rings (SSSR count). The summed E-state index contributed by atoms with van der Waals surface area (Å²) < 4.78 is 0. The summed E-state index contributed by atoms with van der Waals surface area (Å²) in [5.41, 5.74) is 2.85. The minimum Gasteiger partial charge on any atom is -0.347 e. The molecule has 0 heterocycles. The van der Waals surface area contributed by atoms with Gasteiger partial charge in [0, 0.05) is 18.2 Å². The molecule has 5 heteroatoms. The SMILES string of the molecule is Cc1ccccc1C(=O)NC1CCCCC1NC(=O)NCCc1ccccc1. The fourth-order valence-electron chi connectivity index (χ4n) is 3.73. The maximum Gasteiger partial charge on any atom is 0.315 e. The van der Waals surface area contributed by atoms with Crippen molar-refractivity contribution in [2.45, 2.75) is 51.1 Å². The Morgan fingerprint density at radius 2 is 1.54 bits per heavy atom. The van der Waals surface area contributed by atoms with Gasteiger partial charge in [0.25, 0.3) is 5.91 Å². The molecule has 3 amide bonds. The number of benzene rings is 2. The summed E-state index contributed by atoms with van der Waals surface area (Å²) in [7, 11) is 0. The van der Waals surface area contributed by atoms with Crippen LogP contribution in [0.3, 0.4) is 0 Å². The van der Waals surface area contributed by atoms with Crippen molar-refractivity contribution >= 4 is 11.9 Å². The monoisotopic (exact) mass is 379 g/mol. The van der Waals surface area contributed by atoms with Gasteiger partial charge >= 0.3 is 6.03 Å². The van der Waals surface area contributed by atoms with Crippen LogP contribution >= 0.6 is 0 Å². The Bertz CT molecular complexity index is 791. The maximum atomic E-state index is 12.7. The molecule has 0 spiro atoms. The van der Waals surface area contributed by atoms with Crippen molar-refractivity contribution in [2.75, 3.05) is 6.54 Å². The second kappa shape index (κ2) is 9.93. The van der Waals surface area contributed by atoms with E-state index in [0.29, 0.717) is 12.1 Å². The normalized spacial score (nSPS) is 18.9. The van der Waals surface area contributed by atoms with Gasteiger partial charge in [-0.05, 0) is 43.4 Å². The number of carbonyl (C=O) groups is 2. The Kier molecular flexibility index (Phi) is 7.06. The number of hydrogen-bond donors (Lipinski definition) is 3. The Hall–Kier alpha value is -2.82. The van der Waals surface area contributed by atoms with E-state index in [2.05, 4.69) is 28.1 Å². The standard InChI is InChI=1S/C23H29N3O2/c1-17-9-5-6-12-19(17)22(27)25-20-13-7-8-14-21(20)26-23(28)24-16-15-18-10-3-2-4-11-18/h2-6,9-12,20-21H,7-8,13-16H2,1H3,(H,25,27)(H2,24,26,28). The van der Waals surface area contributed by atoms with E-state index in [-0.39, 0.29) is 24.0 Å². The number of amides is 3. The molecule has 2 aromatic rings. The first kappa shape index (κ1) is 19.9. The lowest BCUT2D eigenvalue weighted by Gasteiger charge is -2.33. The molecule has 2 atom stereocenters. The summed E-state index contributed by atoms with van der Waals surface area (Å²) in [6, 6.07) is 17.4. The van der Waals surface area contributed by atoms with Gasteiger partial charge in [0.1, 0.15) is 0 Å². The molecule has 1 aliphatic carbocycles. The summed E-state index contributed by atoms with van der Waals surface area (Å²) in [6.45, 7) is 2.52. The molecule has 2 unspecified atom stereocenters. The van der Waals surface area contributed by atoms with Gasteiger partial charge in [0.05, 0.1) is 6.04 Å². The fourth-order valence-corrected chi connectivity index (χ4v) is 3.73. The van der Waals surface area contributed by atoms with E-state index in [9.17, 15) is 9.59 Å². The highest BCUT2D eigenvalue weighted by atomic mass is 16.2. The Balaban J connectivity index is 1.50. The number of nitrogens with one attached hydrogen (secondary N) is 3. The topological polar surface area (TPSA) is 70.2 Å². The van der Waals surface area contributed by atoms with Crippen LogP contribution in [0.2, 0.25) is 0 Å². The zero-order valence-corrected chi connectivity index (χ0v) is 16.4. The minimum atomic E-state index is -0.169. The van der Waals surface area contributed by atoms with Crippen LogP contribution in [0.25, 0.3) is 0 Å². The quantitative estimate of drug-likeness (QED) is 0.718. The van der Waals surface area contributed by atoms with Crippen LogP contribution in [-0.2, 0) is 6.42 Å². The summed E-state index contributed by atoms with van der Waals surface area (Å²) in [6.07, 6.45) is 4.68. The second-order valence-corrected chi connectivity index (χ2v) is 7.42. The van der Waals surface area contributed by atoms with Crippen molar-refractivity contribution < 1.29 is 9.59 Å². The van der Waals surface area contributed by atoms with E-state index in [0.717, 1.165) is 37.7 Å². The number of rotatable bonds is 6. The molecular weight excluding hydrogens is 350 g/mol. The molecule has 3 N–H and O–H groups in total. The van der Waals surface area contributed by atoms with Crippen molar-refractivity contribution in [1.29, 1.82) is 0 Å². The van der Waals surface area contributed by atoms with Gasteiger partial charge in [0.15, 0.2) is 0 Å². The predicted molar refractivity (Wildman–Crippen MR) is 111 cm³/mol. The maximum absolute atomic E-state index is 12.7. The van der Waals surface area contributed by atoms with Gasteiger partial charge < -0.3 is 16.0 Å². The number of carbonyl (C=O) groups excluding carboxylic acids is 2. The van der Waals surface area contributed by atoms with Crippen molar-refractivity contribution in [3.8, 4) is 0 Å². The first-order valence-electron chi connectivity index (χ1n) is 10.1. The van der Waals surface area contributed by atoms with Crippen LogP contribution < -0.4 is 16.0 Å². The first-order valence-corrected chi connectivity index (χ1v) is 10.1. The summed E-state index contributed by atoms with van der Waals surface area (Å²) in [5.74, 6) is -0.0683. The highest BCUT2D eigenvalue weighted by molar-refractivity contribution is 5.95. The third-order valence-electron chi connectivity index (χ3n) is 5.33. The van der Waals surface area contributed by atoms with Crippen molar-refractivity contribution in [3.05, 3.63) is 71.3 Å². The van der Waals surface area contributed by atoms with Crippen LogP contribution in [0.1, 0.15) is 47.2 Å².